The zero-order valence-electron chi connectivity index (χ0n) is 11.8. The van der Waals surface area contributed by atoms with Gasteiger partial charge >= 0.3 is 0 Å². The summed E-state index contributed by atoms with van der Waals surface area (Å²) < 4.78 is 0. The van der Waals surface area contributed by atoms with Crippen LogP contribution in [0.3, 0.4) is 0 Å². The summed E-state index contributed by atoms with van der Waals surface area (Å²) in [4.78, 5) is 11.3. The number of fused-ring (bicyclic) bond motifs is 1. The number of nitrogens with zero attached hydrogens (tertiary/aromatic N) is 3. The van der Waals surface area contributed by atoms with Gasteiger partial charge in [0.25, 0.3) is 0 Å². The maximum Gasteiger partial charge on any atom is 0.224 e. The molecule has 0 bridgehead atoms. The molecule has 0 spiro atoms. The first-order valence-corrected chi connectivity index (χ1v) is 7.30. The Hall–Kier alpha value is -1.36. The van der Waals surface area contributed by atoms with E-state index in [4.69, 9.17) is 0 Å². The van der Waals surface area contributed by atoms with Gasteiger partial charge < -0.3 is 15.5 Å². The van der Waals surface area contributed by atoms with Gasteiger partial charge in [0.15, 0.2) is 0 Å². The third kappa shape index (κ3) is 2.81. The molecule has 1 aromatic rings. The molecule has 0 amide bonds. The Morgan fingerprint density at radius 3 is 3.11 bits per heavy atom. The Morgan fingerprint density at radius 2 is 2.32 bits per heavy atom. The minimum absolute atomic E-state index is 0.359. The summed E-state index contributed by atoms with van der Waals surface area (Å²) in [5.74, 6) is 2.56. The van der Waals surface area contributed by atoms with Crippen LogP contribution in [-0.4, -0.2) is 41.7 Å². The van der Waals surface area contributed by atoms with Gasteiger partial charge in [-0.25, -0.2) is 4.98 Å². The zero-order valence-corrected chi connectivity index (χ0v) is 11.8. The van der Waals surface area contributed by atoms with Crippen molar-refractivity contribution < 1.29 is 0 Å². The second-order valence-corrected chi connectivity index (χ2v) is 5.91. The molecule has 3 rings (SSSR count). The molecular formula is C14H23N5. The summed E-state index contributed by atoms with van der Waals surface area (Å²) in [6.45, 7) is 7.56. The van der Waals surface area contributed by atoms with E-state index in [1.54, 1.807) is 0 Å². The monoisotopic (exact) mass is 261 g/mol. The van der Waals surface area contributed by atoms with Crippen LogP contribution >= 0.6 is 0 Å². The molecule has 2 atom stereocenters. The molecule has 2 saturated heterocycles. The molecule has 1 aromatic heterocycles. The summed E-state index contributed by atoms with van der Waals surface area (Å²) in [7, 11) is 0. The predicted molar refractivity (Wildman–Crippen MR) is 77.5 cm³/mol. The minimum Gasteiger partial charge on any atom is -0.355 e. The molecule has 104 valence electrons. The predicted octanol–water partition coefficient (Wildman–Crippen LogP) is 1.49. The molecule has 0 aliphatic carbocycles. The van der Waals surface area contributed by atoms with Gasteiger partial charge in [-0.1, -0.05) is 0 Å². The molecule has 0 radical (unpaired) electrons. The number of nitrogens with one attached hydrogen (secondary N) is 2. The highest BCUT2D eigenvalue weighted by Gasteiger charge is 2.34. The molecule has 0 aromatic carbocycles. The number of aromatic nitrogens is 2. The Labute approximate surface area is 114 Å². The van der Waals surface area contributed by atoms with E-state index in [1.165, 1.54) is 19.4 Å². The average molecular weight is 261 g/mol. The summed E-state index contributed by atoms with van der Waals surface area (Å²) in [6, 6.07) is 3.02. The molecule has 5 nitrogen and oxygen atoms in total. The van der Waals surface area contributed by atoms with Gasteiger partial charge in [0.2, 0.25) is 5.95 Å². The quantitative estimate of drug-likeness (QED) is 0.863. The lowest BCUT2D eigenvalue weighted by Crippen LogP contribution is -2.40. The van der Waals surface area contributed by atoms with E-state index in [-0.39, 0.29) is 0 Å². The van der Waals surface area contributed by atoms with Crippen molar-refractivity contribution in [3.63, 3.8) is 0 Å². The number of piperidine rings is 1. The zero-order chi connectivity index (χ0) is 13.2. The van der Waals surface area contributed by atoms with E-state index in [9.17, 15) is 0 Å². The molecule has 0 saturated carbocycles. The van der Waals surface area contributed by atoms with E-state index in [2.05, 4.69) is 39.3 Å². The van der Waals surface area contributed by atoms with Crippen LogP contribution in [0.2, 0.25) is 0 Å². The molecule has 5 heteroatoms. The Kier molecular flexibility index (Phi) is 3.55. The first kappa shape index (κ1) is 12.7. The highest BCUT2D eigenvalue weighted by atomic mass is 15.3. The van der Waals surface area contributed by atoms with Crippen LogP contribution in [0.4, 0.5) is 11.8 Å². The molecule has 3 heterocycles. The van der Waals surface area contributed by atoms with Crippen LogP contribution in [0, 0.1) is 5.92 Å². The molecule has 2 N–H and O–H groups in total. The van der Waals surface area contributed by atoms with Crippen LogP contribution < -0.4 is 15.5 Å². The van der Waals surface area contributed by atoms with Crippen molar-refractivity contribution in [1.29, 1.82) is 0 Å². The molecule has 0 unspecified atom stereocenters. The Balaban J connectivity index is 1.72. The molecule has 19 heavy (non-hydrogen) atoms. The fraction of sp³-hybridized carbons (Fsp3) is 0.714. The fourth-order valence-corrected chi connectivity index (χ4v) is 3.09. The van der Waals surface area contributed by atoms with Crippen LogP contribution in [0.1, 0.15) is 26.7 Å². The number of anilines is 2. The van der Waals surface area contributed by atoms with E-state index in [1.807, 2.05) is 12.3 Å². The van der Waals surface area contributed by atoms with Gasteiger partial charge in [0, 0.05) is 31.4 Å². The van der Waals surface area contributed by atoms with Gasteiger partial charge in [-0.2, -0.15) is 4.98 Å². The van der Waals surface area contributed by atoms with Crippen molar-refractivity contribution in [2.24, 2.45) is 5.92 Å². The van der Waals surface area contributed by atoms with Crippen LogP contribution in [0.25, 0.3) is 0 Å². The number of hydrogen-bond donors (Lipinski definition) is 2. The van der Waals surface area contributed by atoms with Crippen molar-refractivity contribution in [2.75, 3.05) is 29.9 Å². The lowest BCUT2D eigenvalue weighted by Gasteiger charge is -2.24. The molecular weight excluding hydrogens is 238 g/mol. The summed E-state index contributed by atoms with van der Waals surface area (Å²) in [5, 5.41) is 6.89. The highest BCUT2D eigenvalue weighted by Crippen LogP contribution is 2.28. The van der Waals surface area contributed by atoms with Gasteiger partial charge in [0.05, 0.1) is 0 Å². The number of rotatable bonds is 3. The molecule has 2 aliphatic rings. The normalized spacial score (nSPS) is 26.6. The van der Waals surface area contributed by atoms with E-state index in [0.29, 0.717) is 12.1 Å². The summed E-state index contributed by atoms with van der Waals surface area (Å²) >= 11 is 0. The fourth-order valence-electron chi connectivity index (χ4n) is 3.09. The van der Waals surface area contributed by atoms with Crippen molar-refractivity contribution in [2.45, 2.75) is 38.8 Å². The smallest absolute Gasteiger partial charge is 0.224 e. The molecule has 2 fully saturated rings. The van der Waals surface area contributed by atoms with Gasteiger partial charge in [-0.3, -0.25) is 0 Å². The molecule has 2 aliphatic heterocycles. The Morgan fingerprint density at radius 1 is 1.42 bits per heavy atom. The van der Waals surface area contributed by atoms with E-state index in [0.717, 1.165) is 30.8 Å². The SMILES string of the molecule is CC(C)Nc1nccc(N2C[C@@H]3CCCN[C@@H]3C2)n1. The topological polar surface area (TPSA) is 53.1 Å². The summed E-state index contributed by atoms with van der Waals surface area (Å²) in [5.41, 5.74) is 0. The lowest BCUT2D eigenvalue weighted by atomic mass is 9.94. The van der Waals surface area contributed by atoms with Crippen molar-refractivity contribution in [3.05, 3.63) is 12.3 Å². The highest BCUT2D eigenvalue weighted by molar-refractivity contribution is 5.44. The van der Waals surface area contributed by atoms with Crippen LogP contribution in [0.15, 0.2) is 12.3 Å². The first-order chi connectivity index (χ1) is 9.22. The maximum atomic E-state index is 4.63. The third-order valence-corrected chi connectivity index (χ3v) is 3.98. The third-order valence-electron chi connectivity index (χ3n) is 3.98. The van der Waals surface area contributed by atoms with Gasteiger partial charge in [0.1, 0.15) is 5.82 Å². The number of hydrogen-bond acceptors (Lipinski definition) is 5. The van der Waals surface area contributed by atoms with Crippen molar-refractivity contribution in [3.8, 4) is 0 Å². The standard InChI is InChI=1S/C14H23N5/c1-10(2)17-14-16-7-5-13(18-14)19-8-11-4-3-6-15-12(11)9-19/h5,7,10-12,15H,3-4,6,8-9H2,1-2H3,(H,16,17,18)/t11-,12+/m0/s1. The second kappa shape index (κ2) is 5.33. The van der Waals surface area contributed by atoms with E-state index >= 15 is 0 Å². The lowest BCUT2D eigenvalue weighted by molar-refractivity contribution is 0.340. The van der Waals surface area contributed by atoms with Gasteiger partial charge in [-0.05, 0) is 45.2 Å². The van der Waals surface area contributed by atoms with E-state index < -0.39 is 0 Å². The minimum atomic E-state index is 0.359. The Bertz CT molecular complexity index is 420. The first-order valence-electron chi connectivity index (χ1n) is 7.30. The van der Waals surface area contributed by atoms with Crippen molar-refractivity contribution >= 4 is 11.8 Å². The van der Waals surface area contributed by atoms with Gasteiger partial charge in [-0.15, -0.1) is 0 Å². The van der Waals surface area contributed by atoms with Crippen molar-refractivity contribution in [1.82, 2.24) is 15.3 Å². The van der Waals surface area contributed by atoms with Crippen LogP contribution in [-0.2, 0) is 0 Å². The van der Waals surface area contributed by atoms with Crippen LogP contribution in [0.5, 0.6) is 0 Å². The second-order valence-electron chi connectivity index (χ2n) is 5.91. The average Bonchev–Trinajstić information content (AvgIpc) is 2.82. The maximum absolute atomic E-state index is 4.63. The summed E-state index contributed by atoms with van der Waals surface area (Å²) in [6.07, 6.45) is 4.50. The largest absolute Gasteiger partial charge is 0.355 e.